The summed E-state index contributed by atoms with van der Waals surface area (Å²) in [6.45, 7) is 0. The quantitative estimate of drug-likeness (QED) is 0.830. The predicted molar refractivity (Wildman–Crippen MR) is 61.5 cm³/mol. The molecule has 1 aromatic carbocycles. The highest BCUT2D eigenvalue weighted by Crippen LogP contribution is 2.28. The van der Waals surface area contributed by atoms with Gasteiger partial charge in [0, 0.05) is 0 Å². The van der Waals surface area contributed by atoms with E-state index < -0.39 is 15.9 Å². The van der Waals surface area contributed by atoms with Crippen molar-refractivity contribution < 1.29 is 22.1 Å². The number of benzene rings is 1. The molecule has 0 aliphatic carbocycles. The first kappa shape index (κ1) is 12.5. The minimum absolute atomic E-state index is 0.131. The van der Waals surface area contributed by atoms with E-state index in [2.05, 4.69) is 10.2 Å². The third kappa shape index (κ3) is 2.84. The van der Waals surface area contributed by atoms with Crippen LogP contribution in [0.15, 0.2) is 28.7 Å². The van der Waals surface area contributed by atoms with E-state index in [1.807, 2.05) is 0 Å². The highest BCUT2D eigenvalue weighted by molar-refractivity contribution is 7.84. The second-order valence-electron chi connectivity index (χ2n) is 3.43. The van der Waals surface area contributed by atoms with Gasteiger partial charge < -0.3 is 9.15 Å². The summed E-state index contributed by atoms with van der Waals surface area (Å²) in [4.78, 5) is 0. The molecule has 7 nitrogen and oxygen atoms in total. The van der Waals surface area contributed by atoms with Crippen LogP contribution in [-0.2, 0) is 15.9 Å². The van der Waals surface area contributed by atoms with Gasteiger partial charge in [-0.2, -0.15) is 8.42 Å². The lowest BCUT2D eigenvalue weighted by atomic mass is 10.2. The minimum atomic E-state index is -4.19. The highest BCUT2D eigenvalue weighted by atomic mass is 32.2. The SMILES string of the molecule is COc1ccccc1-c1nnc(CS(=O)(=O)O)o1. The Morgan fingerprint density at radius 3 is 2.72 bits per heavy atom. The van der Waals surface area contributed by atoms with Crippen LogP contribution in [0, 0.1) is 0 Å². The average Bonchev–Trinajstić information content (AvgIpc) is 2.75. The standard InChI is InChI=1S/C10H10N2O5S/c1-16-8-5-3-2-4-7(8)10-12-11-9(17-10)6-18(13,14)15/h2-5H,6H2,1H3,(H,13,14,15). The fourth-order valence-corrected chi connectivity index (χ4v) is 1.83. The average molecular weight is 270 g/mol. The number of para-hydroxylation sites is 1. The highest BCUT2D eigenvalue weighted by Gasteiger charge is 2.16. The van der Waals surface area contributed by atoms with Crippen molar-refractivity contribution in [3.63, 3.8) is 0 Å². The summed E-state index contributed by atoms with van der Waals surface area (Å²) in [6.07, 6.45) is 0. The molecule has 96 valence electrons. The number of methoxy groups -OCH3 is 1. The number of rotatable bonds is 4. The van der Waals surface area contributed by atoms with E-state index in [-0.39, 0.29) is 11.8 Å². The van der Waals surface area contributed by atoms with Crippen LogP contribution in [0.3, 0.4) is 0 Å². The zero-order valence-corrected chi connectivity index (χ0v) is 10.2. The lowest BCUT2D eigenvalue weighted by Crippen LogP contribution is -2.01. The Kier molecular flexibility index (Phi) is 3.30. The zero-order chi connectivity index (χ0) is 13.2. The second kappa shape index (κ2) is 4.75. The molecular weight excluding hydrogens is 260 g/mol. The Morgan fingerprint density at radius 2 is 2.06 bits per heavy atom. The van der Waals surface area contributed by atoms with Gasteiger partial charge in [-0.05, 0) is 12.1 Å². The molecule has 1 heterocycles. The van der Waals surface area contributed by atoms with Gasteiger partial charge in [-0.15, -0.1) is 10.2 Å². The molecule has 1 aromatic heterocycles. The largest absolute Gasteiger partial charge is 0.496 e. The molecule has 1 N–H and O–H groups in total. The Balaban J connectivity index is 2.35. The topological polar surface area (TPSA) is 103 Å². The Bertz CT molecular complexity index is 650. The summed E-state index contributed by atoms with van der Waals surface area (Å²) in [5.74, 6) is -0.237. The third-order valence-corrected chi connectivity index (χ3v) is 2.72. The molecule has 0 fully saturated rings. The summed E-state index contributed by atoms with van der Waals surface area (Å²) in [6, 6.07) is 6.94. The summed E-state index contributed by atoms with van der Waals surface area (Å²) >= 11 is 0. The molecular formula is C10H10N2O5S. The Hall–Kier alpha value is -1.93. The molecule has 2 aromatic rings. The molecule has 0 radical (unpaired) electrons. The van der Waals surface area contributed by atoms with E-state index in [1.165, 1.54) is 7.11 Å². The molecule has 18 heavy (non-hydrogen) atoms. The van der Waals surface area contributed by atoms with Crippen LogP contribution >= 0.6 is 0 Å². The number of hydrogen-bond acceptors (Lipinski definition) is 6. The number of ether oxygens (including phenoxy) is 1. The molecule has 0 unspecified atom stereocenters. The normalized spacial score (nSPS) is 11.4. The molecule has 0 bridgehead atoms. The van der Waals surface area contributed by atoms with Gasteiger partial charge in [-0.25, -0.2) is 0 Å². The third-order valence-electron chi connectivity index (χ3n) is 2.11. The van der Waals surface area contributed by atoms with Crippen molar-refractivity contribution in [1.82, 2.24) is 10.2 Å². The van der Waals surface area contributed by atoms with E-state index in [0.29, 0.717) is 11.3 Å². The van der Waals surface area contributed by atoms with Crippen molar-refractivity contribution >= 4 is 10.1 Å². The summed E-state index contributed by atoms with van der Waals surface area (Å²) in [5, 5.41) is 7.25. The van der Waals surface area contributed by atoms with E-state index in [1.54, 1.807) is 24.3 Å². The van der Waals surface area contributed by atoms with E-state index in [9.17, 15) is 8.42 Å². The van der Waals surface area contributed by atoms with E-state index in [0.717, 1.165) is 0 Å². The first-order chi connectivity index (χ1) is 8.49. The van der Waals surface area contributed by atoms with Gasteiger partial charge in [0.1, 0.15) is 5.75 Å². The molecule has 8 heteroatoms. The van der Waals surface area contributed by atoms with Crippen LogP contribution in [-0.4, -0.2) is 30.3 Å². The van der Waals surface area contributed by atoms with Crippen molar-refractivity contribution in [2.45, 2.75) is 5.75 Å². The molecule has 0 saturated carbocycles. The Morgan fingerprint density at radius 1 is 1.33 bits per heavy atom. The molecule has 2 rings (SSSR count). The maximum absolute atomic E-state index is 10.7. The van der Waals surface area contributed by atoms with Crippen LogP contribution in [0.25, 0.3) is 11.5 Å². The maximum atomic E-state index is 10.7. The lowest BCUT2D eigenvalue weighted by molar-refractivity contribution is 0.413. The first-order valence-corrected chi connectivity index (χ1v) is 6.51. The van der Waals surface area contributed by atoms with Crippen molar-refractivity contribution in [1.29, 1.82) is 0 Å². The van der Waals surface area contributed by atoms with Crippen LogP contribution < -0.4 is 4.74 Å². The van der Waals surface area contributed by atoms with Crippen LogP contribution in [0.4, 0.5) is 0 Å². The fourth-order valence-electron chi connectivity index (χ4n) is 1.40. The minimum Gasteiger partial charge on any atom is -0.496 e. The molecule has 0 amide bonds. The lowest BCUT2D eigenvalue weighted by Gasteiger charge is -2.03. The summed E-state index contributed by atoms with van der Waals surface area (Å²) in [7, 11) is -2.69. The van der Waals surface area contributed by atoms with Gasteiger partial charge in [0.25, 0.3) is 16.0 Å². The molecule has 0 aliphatic rings. The smallest absolute Gasteiger partial charge is 0.273 e. The van der Waals surface area contributed by atoms with Crippen LogP contribution in [0.2, 0.25) is 0 Å². The van der Waals surface area contributed by atoms with Crippen molar-refractivity contribution in [2.24, 2.45) is 0 Å². The predicted octanol–water partition coefficient (Wildman–Crippen LogP) is 1.13. The fraction of sp³-hybridized carbons (Fsp3) is 0.200. The summed E-state index contributed by atoms with van der Waals surface area (Å²) in [5.41, 5.74) is 0.550. The Labute approximate surface area is 103 Å². The molecule has 0 atom stereocenters. The van der Waals surface area contributed by atoms with Crippen LogP contribution in [0.5, 0.6) is 5.75 Å². The molecule has 0 aliphatic heterocycles. The van der Waals surface area contributed by atoms with E-state index >= 15 is 0 Å². The zero-order valence-electron chi connectivity index (χ0n) is 9.40. The van der Waals surface area contributed by atoms with Gasteiger partial charge in [0.05, 0.1) is 12.7 Å². The summed E-state index contributed by atoms with van der Waals surface area (Å²) < 4.78 is 40.3. The van der Waals surface area contributed by atoms with Gasteiger partial charge in [-0.1, -0.05) is 12.1 Å². The van der Waals surface area contributed by atoms with Gasteiger partial charge >= 0.3 is 0 Å². The van der Waals surface area contributed by atoms with Crippen molar-refractivity contribution in [2.75, 3.05) is 7.11 Å². The number of aromatic nitrogens is 2. The maximum Gasteiger partial charge on any atom is 0.273 e. The van der Waals surface area contributed by atoms with Crippen molar-refractivity contribution in [3.8, 4) is 17.2 Å². The first-order valence-electron chi connectivity index (χ1n) is 4.90. The second-order valence-corrected chi connectivity index (χ2v) is 4.88. The number of nitrogens with zero attached hydrogens (tertiary/aromatic N) is 2. The monoisotopic (exact) mass is 270 g/mol. The van der Waals surface area contributed by atoms with Gasteiger partial charge in [0.2, 0.25) is 5.89 Å². The van der Waals surface area contributed by atoms with Crippen LogP contribution in [0.1, 0.15) is 5.89 Å². The molecule has 0 spiro atoms. The number of hydrogen-bond donors (Lipinski definition) is 1. The van der Waals surface area contributed by atoms with Gasteiger partial charge in [-0.3, -0.25) is 4.55 Å². The van der Waals surface area contributed by atoms with Gasteiger partial charge in [0.15, 0.2) is 5.75 Å². The molecule has 0 saturated heterocycles. The van der Waals surface area contributed by atoms with E-state index in [4.69, 9.17) is 13.7 Å². The van der Waals surface area contributed by atoms with Crippen molar-refractivity contribution in [3.05, 3.63) is 30.2 Å².